The van der Waals surface area contributed by atoms with Gasteiger partial charge in [-0.15, -0.1) is 0 Å². The number of aryl methyl sites for hydroxylation is 2. The minimum Gasteiger partial charge on any atom is -0.464 e. The molecule has 0 aliphatic heterocycles. The lowest BCUT2D eigenvalue weighted by Gasteiger charge is -2.19. The van der Waals surface area contributed by atoms with Crippen LogP contribution in [0.25, 0.3) is 21.9 Å². The minimum absolute atomic E-state index is 0.0430. The monoisotopic (exact) mass is 370 g/mol. The Labute approximate surface area is 156 Å². The smallest absolute Gasteiger partial charge is 0.340 e. The third-order valence-corrected chi connectivity index (χ3v) is 4.80. The van der Waals surface area contributed by atoms with Crippen molar-refractivity contribution in [1.29, 1.82) is 0 Å². The summed E-state index contributed by atoms with van der Waals surface area (Å²) in [6.07, 6.45) is 1.53. The van der Waals surface area contributed by atoms with Crippen LogP contribution in [0.4, 0.5) is 0 Å². The van der Waals surface area contributed by atoms with Crippen molar-refractivity contribution >= 4 is 33.8 Å². The van der Waals surface area contributed by atoms with Crippen molar-refractivity contribution in [3.63, 3.8) is 0 Å². The fraction of sp³-hybridized carbons (Fsp3) is 0.350. The molecule has 0 saturated heterocycles. The van der Waals surface area contributed by atoms with Crippen molar-refractivity contribution in [3.8, 4) is 0 Å². The summed E-state index contributed by atoms with van der Waals surface area (Å²) in [6.45, 7) is 3.69. The zero-order valence-corrected chi connectivity index (χ0v) is 16.1. The molecule has 0 atom stereocenters. The molecule has 7 nitrogen and oxygen atoms in total. The molecule has 3 aromatic rings. The molecule has 0 aliphatic carbocycles. The molecule has 0 bridgehead atoms. The van der Waals surface area contributed by atoms with Gasteiger partial charge in [0.05, 0.1) is 24.8 Å². The normalized spacial score (nSPS) is 11.1. The largest absolute Gasteiger partial charge is 0.464 e. The Morgan fingerprint density at radius 2 is 1.70 bits per heavy atom. The average molecular weight is 370 g/mol. The fourth-order valence-electron chi connectivity index (χ4n) is 2.96. The summed E-state index contributed by atoms with van der Waals surface area (Å²) in [7, 11) is 4.79. The number of amides is 2. The quantitative estimate of drug-likeness (QED) is 0.658. The molecule has 0 fully saturated rings. The minimum atomic E-state index is -0.552. The molecular formula is C20H22N2O5. The number of carbonyl (C=O) groups is 2. The number of rotatable bonds is 4. The van der Waals surface area contributed by atoms with E-state index in [4.69, 9.17) is 8.83 Å². The summed E-state index contributed by atoms with van der Waals surface area (Å²) < 4.78 is 10.9. The number of hydrogen-bond donors (Lipinski definition) is 0. The molecule has 0 saturated carbocycles. The van der Waals surface area contributed by atoms with Gasteiger partial charge in [-0.2, -0.15) is 0 Å². The highest BCUT2D eigenvalue weighted by molar-refractivity contribution is 5.96. The lowest BCUT2D eigenvalue weighted by atomic mass is 10.0. The summed E-state index contributed by atoms with van der Waals surface area (Å²) in [4.78, 5) is 39.5. The maximum Gasteiger partial charge on any atom is 0.340 e. The highest BCUT2D eigenvalue weighted by Gasteiger charge is 2.20. The van der Waals surface area contributed by atoms with E-state index in [0.717, 1.165) is 16.3 Å². The van der Waals surface area contributed by atoms with Gasteiger partial charge in [0.25, 0.3) is 0 Å². The molecule has 0 N–H and O–H groups in total. The van der Waals surface area contributed by atoms with E-state index >= 15 is 0 Å². The van der Waals surface area contributed by atoms with Gasteiger partial charge < -0.3 is 18.6 Å². The number of likely N-dealkylation sites (N-methyl/N-ethyl adjacent to an activating group) is 2. The molecule has 7 heteroatoms. The molecule has 0 unspecified atom stereocenters. The lowest BCUT2D eigenvalue weighted by Crippen LogP contribution is -2.39. The zero-order valence-electron chi connectivity index (χ0n) is 16.1. The second-order valence-electron chi connectivity index (χ2n) is 6.97. The molecule has 2 amide bonds. The SMILES string of the molecule is Cc1coc2cc3oc(=O)c(CC(=O)N(C)CC(=O)N(C)C)c(C)c3cc12. The Morgan fingerprint density at radius 1 is 1.00 bits per heavy atom. The highest BCUT2D eigenvalue weighted by atomic mass is 16.4. The van der Waals surface area contributed by atoms with E-state index in [-0.39, 0.29) is 24.8 Å². The topological polar surface area (TPSA) is 84.0 Å². The number of benzene rings is 1. The van der Waals surface area contributed by atoms with Crippen LogP contribution in [0.2, 0.25) is 0 Å². The standard InChI is InChI=1S/C20H22N2O5/c1-11-10-26-16-8-17-14(6-13(11)16)12(2)15(20(25)27-17)7-18(23)22(5)9-19(24)21(3)4/h6,8,10H,7,9H2,1-5H3. The highest BCUT2D eigenvalue weighted by Crippen LogP contribution is 2.28. The Kier molecular flexibility index (Phi) is 4.78. The molecule has 0 aliphatic rings. The van der Waals surface area contributed by atoms with E-state index < -0.39 is 5.63 Å². The second kappa shape index (κ2) is 6.90. The van der Waals surface area contributed by atoms with Gasteiger partial charge in [-0.05, 0) is 31.0 Å². The van der Waals surface area contributed by atoms with Crippen LogP contribution in [0, 0.1) is 13.8 Å². The molecule has 1 aromatic carbocycles. The van der Waals surface area contributed by atoms with Crippen LogP contribution in [0.1, 0.15) is 16.7 Å². The van der Waals surface area contributed by atoms with Gasteiger partial charge in [0.1, 0.15) is 11.2 Å². The van der Waals surface area contributed by atoms with E-state index in [1.807, 2.05) is 13.0 Å². The van der Waals surface area contributed by atoms with Gasteiger partial charge in [0.2, 0.25) is 11.8 Å². The van der Waals surface area contributed by atoms with Gasteiger partial charge in [0, 0.05) is 38.0 Å². The molecule has 27 heavy (non-hydrogen) atoms. The Balaban J connectivity index is 1.97. The van der Waals surface area contributed by atoms with Crippen molar-refractivity contribution in [3.05, 3.63) is 45.5 Å². The predicted octanol–water partition coefficient (Wildman–Crippen LogP) is 2.25. The summed E-state index contributed by atoms with van der Waals surface area (Å²) in [5.41, 5.74) is 2.50. The van der Waals surface area contributed by atoms with Gasteiger partial charge in [-0.3, -0.25) is 9.59 Å². The second-order valence-corrected chi connectivity index (χ2v) is 6.97. The van der Waals surface area contributed by atoms with E-state index in [1.165, 1.54) is 9.80 Å². The van der Waals surface area contributed by atoms with Gasteiger partial charge in [-0.25, -0.2) is 4.79 Å². The summed E-state index contributed by atoms with van der Waals surface area (Å²) in [6, 6.07) is 3.61. The molecule has 142 valence electrons. The maximum absolute atomic E-state index is 12.5. The third-order valence-electron chi connectivity index (χ3n) is 4.80. The van der Waals surface area contributed by atoms with Crippen LogP contribution in [-0.4, -0.2) is 49.3 Å². The molecular weight excluding hydrogens is 348 g/mol. The molecule has 0 spiro atoms. The zero-order chi connectivity index (χ0) is 19.9. The Bertz CT molecular complexity index is 1110. The summed E-state index contributed by atoms with van der Waals surface area (Å²) in [5.74, 6) is -0.508. The number of furan rings is 1. The maximum atomic E-state index is 12.5. The molecule has 0 radical (unpaired) electrons. The van der Waals surface area contributed by atoms with Gasteiger partial charge in [-0.1, -0.05) is 0 Å². The van der Waals surface area contributed by atoms with Crippen LogP contribution in [0.3, 0.4) is 0 Å². The Hall–Kier alpha value is -3.09. The lowest BCUT2D eigenvalue weighted by molar-refractivity contribution is -0.137. The van der Waals surface area contributed by atoms with Crippen molar-refractivity contribution < 1.29 is 18.4 Å². The first-order valence-electron chi connectivity index (χ1n) is 8.57. The first-order valence-corrected chi connectivity index (χ1v) is 8.57. The number of nitrogens with zero attached hydrogens (tertiary/aromatic N) is 2. The fourth-order valence-corrected chi connectivity index (χ4v) is 2.96. The van der Waals surface area contributed by atoms with Crippen molar-refractivity contribution in [2.24, 2.45) is 0 Å². The number of carbonyl (C=O) groups excluding carboxylic acids is 2. The Morgan fingerprint density at radius 3 is 2.37 bits per heavy atom. The van der Waals surface area contributed by atoms with Crippen LogP contribution in [0.5, 0.6) is 0 Å². The van der Waals surface area contributed by atoms with E-state index in [1.54, 1.807) is 40.4 Å². The average Bonchev–Trinajstić information content (AvgIpc) is 2.97. The van der Waals surface area contributed by atoms with Gasteiger partial charge >= 0.3 is 5.63 Å². The summed E-state index contributed by atoms with van der Waals surface area (Å²) >= 11 is 0. The van der Waals surface area contributed by atoms with E-state index in [0.29, 0.717) is 22.3 Å². The number of fused-ring (bicyclic) bond motifs is 2. The van der Waals surface area contributed by atoms with E-state index in [9.17, 15) is 14.4 Å². The van der Waals surface area contributed by atoms with Crippen molar-refractivity contribution in [2.75, 3.05) is 27.7 Å². The van der Waals surface area contributed by atoms with Crippen molar-refractivity contribution in [2.45, 2.75) is 20.3 Å². The van der Waals surface area contributed by atoms with Gasteiger partial charge in [0.15, 0.2) is 0 Å². The number of hydrogen-bond acceptors (Lipinski definition) is 5. The van der Waals surface area contributed by atoms with Crippen LogP contribution in [0.15, 0.2) is 32.0 Å². The third kappa shape index (κ3) is 3.45. The first-order chi connectivity index (χ1) is 12.7. The van der Waals surface area contributed by atoms with Crippen LogP contribution < -0.4 is 5.63 Å². The molecule has 2 aromatic heterocycles. The summed E-state index contributed by atoms with van der Waals surface area (Å²) in [5, 5.41) is 1.70. The van der Waals surface area contributed by atoms with E-state index in [2.05, 4.69) is 0 Å². The predicted molar refractivity (Wildman–Crippen MR) is 102 cm³/mol. The first kappa shape index (κ1) is 18.7. The van der Waals surface area contributed by atoms with Crippen LogP contribution >= 0.6 is 0 Å². The molecule has 2 heterocycles. The van der Waals surface area contributed by atoms with Crippen molar-refractivity contribution in [1.82, 2.24) is 9.80 Å². The van der Waals surface area contributed by atoms with Crippen LogP contribution in [-0.2, 0) is 16.0 Å². The molecule has 3 rings (SSSR count).